The van der Waals surface area contributed by atoms with Crippen LogP contribution >= 0.6 is 0 Å². The van der Waals surface area contributed by atoms with Gasteiger partial charge in [0.2, 0.25) is 0 Å². The van der Waals surface area contributed by atoms with E-state index >= 15 is 0 Å². The van der Waals surface area contributed by atoms with Crippen LogP contribution in [0, 0.1) is 17.2 Å². The molecular weight excluding hydrogens is 190 g/mol. The van der Waals surface area contributed by atoms with Crippen molar-refractivity contribution in [3.63, 3.8) is 0 Å². The Morgan fingerprint density at radius 2 is 2.07 bits per heavy atom. The lowest BCUT2D eigenvalue weighted by atomic mass is 9.81. The normalized spacial score (nSPS) is 27.3. The van der Waals surface area contributed by atoms with Crippen LogP contribution < -0.4 is 4.74 Å². The van der Waals surface area contributed by atoms with Gasteiger partial charge in [0.15, 0.2) is 0 Å². The average Bonchev–Trinajstić information content (AvgIpc) is 2.17. The Morgan fingerprint density at radius 1 is 1.40 bits per heavy atom. The topological polar surface area (TPSA) is 53.2 Å². The van der Waals surface area contributed by atoms with E-state index < -0.39 is 17.6 Å². The Morgan fingerprint density at radius 3 is 2.73 bits per heavy atom. The number of aliphatic hydroxyl groups is 1. The number of hydrogen-bond donors (Lipinski definition) is 1. The number of nitriles is 1. The summed E-state index contributed by atoms with van der Waals surface area (Å²) in [5, 5.41) is 19.1. The summed E-state index contributed by atoms with van der Waals surface area (Å²) in [6.07, 6.45) is -0.769. The maximum atomic E-state index is 10.1. The molecule has 1 aliphatic rings. The monoisotopic (exact) mass is 203 g/mol. The SMILES string of the molecule is CC1(C)Oc2ccccc2C(O)C1C#N. The van der Waals surface area contributed by atoms with Gasteiger partial charge in [-0.2, -0.15) is 5.26 Å². The van der Waals surface area contributed by atoms with Crippen LogP contribution in [-0.2, 0) is 0 Å². The molecular formula is C12H13NO2. The van der Waals surface area contributed by atoms with Crippen LogP contribution in [0.15, 0.2) is 24.3 Å². The van der Waals surface area contributed by atoms with Crippen molar-refractivity contribution in [1.82, 2.24) is 0 Å². The van der Waals surface area contributed by atoms with Crippen LogP contribution in [0.25, 0.3) is 0 Å². The molecule has 0 saturated carbocycles. The minimum absolute atomic E-state index is 0.535. The van der Waals surface area contributed by atoms with Gasteiger partial charge in [-0.15, -0.1) is 0 Å². The lowest BCUT2D eigenvalue weighted by Gasteiger charge is -2.39. The summed E-state index contributed by atoms with van der Waals surface area (Å²) in [5.41, 5.74) is 0.0473. The van der Waals surface area contributed by atoms with E-state index in [0.29, 0.717) is 11.3 Å². The number of fused-ring (bicyclic) bond motifs is 1. The van der Waals surface area contributed by atoms with Gasteiger partial charge in [0, 0.05) is 5.56 Å². The minimum Gasteiger partial charge on any atom is -0.486 e. The molecule has 15 heavy (non-hydrogen) atoms. The second-order valence-corrected chi connectivity index (χ2v) is 4.29. The Labute approximate surface area is 88.9 Å². The molecule has 0 bridgehead atoms. The first-order valence-electron chi connectivity index (χ1n) is 4.92. The molecule has 3 nitrogen and oxygen atoms in total. The van der Waals surface area contributed by atoms with Gasteiger partial charge in [-0.05, 0) is 19.9 Å². The summed E-state index contributed by atoms with van der Waals surface area (Å²) in [7, 11) is 0. The molecule has 1 heterocycles. The molecule has 0 saturated heterocycles. The standard InChI is InChI=1S/C12H13NO2/c1-12(2)9(7-13)11(14)8-5-3-4-6-10(8)15-12/h3-6,9,11,14H,1-2H3. The van der Waals surface area contributed by atoms with E-state index in [9.17, 15) is 5.11 Å². The number of nitrogens with zero attached hydrogens (tertiary/aromatic N) is 1. The molecule has 0 fully saturated rings. The molecule has 0 amide bonds. The molecule has 0 spiro atoms. The maximum Gasteiger partial charge on any atom is 0.126 e. The quantitative estimate of drug-likeness (QED) is 0.702. The van der Waals surface area contributed by atoms with Crippen molar-refractivity contribution in [2.24, 2.45) is 5.92 Å². The highest BCUT2D eigenvalue weighted by atomic mass is 16.5. The third-order valence-electron chi connectivity index (χ3n) is 2.81. The third-order valence-corrected chi connectivity index (χ3v) is 2.81. The summed E-state index contributed by atoms with van der Waals surface area (Å²) in [4.78, 5) is 0. The number of hydrogen-bond acceptors (Lipinski definition) is 3. The van der Waals surface area contributed by atoms with E-state index in [1.807, 2.05) is 32.0 Å². The summed E-state index contributed by atoms with van der Waals surface area (Å²) >= 11 is 0. The van der Waals surface area contributed by atoms with Crippen LogP contribution in [0.5, 0.6) is 5.75 Å². The molecule has 0 aliphatic carbocycles. The largest absolute Gasteiger partial charge is 0.486 e. The van der Waals surface area contributed by atoms with Crippen molar-refractivity contribution < 1.29 is 9.84 Å². The highest BCUT2D eigenvalue weighted by Gasteiger charge is 2.43. The molecule has 1 aromatic carbocycles. The van der Waals surface area contributed by atoms with Gasteiger partial charge in [-0.3, -0.25) is 0 Å². The predicted molar refractivity (Wildman–Crippen MR) is 55.2 cm³/mol. The lowest BCUT2D eigenvalue weighted by molar-refractivity contribution is -0.0274. The highest BCUT2D eigenvalue weighted by Crippen LogP contribution is 2.42. The Kier molecular flexibility index (Phi) is 2.17. The summed E-state index contributed by atoms with van der Waals surface area (Å²) < 4.78 is 5.71. The van der Waals surface area contributed by atoms with E-state index in [2.05, 4.69) is 6.07 Å². The molecule has 0 radical (unpaired) electrons. The van der Waals surface area contributed by atoms with Crippen molar-refractivity contribution in [2.45, 2.75) is 25.6 Å². The van der Waals surface area contributed by atoms with E-state index in [-0.39, 0.29) is 0 Å². The van der Waals surface area contributed by atoms with Crippen LogP contribution in [0.4, 0.5) is 0 Å². The zero-order chi connectivity index (χ0) is 11.1. The van der Waals surface area contributed by atoms with Gasteiger partial charge >= 0.3 is 0 Å². The molecule has 2 atom stereocenters. The zero-order valence-electron chi connectivity index (χ0n) is 8.77. The van der Waals surface area contributed by atoms with Crippen LogP contribution in [0.3, 0.4) is 0 Å². The van der Waals surface area contributed by atoms with Gasteiger partial charge in [0.25, 0.3) is 0 Å². The van der Waals surface area contributed by atoms with Gasteiger partial charge in [-0.1, -0.05) is 18.2 Å². The number of para-hydroxylation sites is 1. The Hall–Kier alpha value is -1.53. The molecule has 1 aliphatic heterocycles. The average molecular weight is 203 g/mol. The van der Waals surface area contributed by atoms with Gasteiger partial charge < -0.3 is 9.84 Å². The second-order valence-electron chi connectivity index (χ2n) is 4.29. The fourth-order valence-electron chi connectivity index (χ4n) is 1.95. The van der Waals surface area contributed by atoms with Gasteiger partial charge in [0.05, 0.1) is 6.07 Å². The third kappa shape index (κ3) is 1.47. The predicted octanol–water partition coefficient (Wildman–Crippen LogP) is 2.03. The summed E-state index contributed by atoms with van der Waals surface area (Å²) in [6, 6.07) is 9.40. The first-order chi connectivity index (χ1) is 7.06. The molecule has 1 aromatic rings. The first kappa shape index (κ1) is 10.0. The molecule has 0 aromatic heterocycles. The van der Waals surface area contributed by atoms with Gasteiger partial charge in [0.1, 0.15) is 23.4 Å². The molecule has 2 unspecified atom stereocenters. The van der Waals surface area contributed by atoms with E-state index in [1.54, 1.807) is 6.07 Å². The zero-order valence-corrected chi connectivity index (χ0v) is 8.77. The number of aliphatic hydroxyl groups excluding tert-OH is 1. The van der Waals surface area contributed by atoms with Crippen molar-refractivity contribution in [3.05, 3.63) is 29.8 Å². The fraction of sp³-hybridized carbons (Fsp3) is 0.417. The molecule has 78 valence electrons. The minimum atomic E-state index is -0.769. The second kappa shape index (κ2) is 3.25. The summed E-state index contributed by atoms with van der Waals surface area (Å²) in [5.74, 6) is 0.133. The maximum absolute atomic E-state index is 10.1. The van der Waals surface area contributed by atoms with Crippen molar-refractivity contribution in [2.75, 3.05) is 0 Å². The molecule has 1 N–H and O–H groups in total. The van der Waals surface area contributed by atoms with E-state index in [4.69, 9.17) is 10.00 Å². The smallest absolute Gasteiger partial charge is 0.126 e. The fourth-order valence-corrected chi connectivity index (χ4v) is 1.95. The number of rotatable bonds is 0. The van der Waals surface area contributed by atoms with Crippen LogP contribution in [0.2, 0.25) is 0 Å². The molecule has 3 heteroatoms. The number of ether oxygens (including phenoxy) is 1. The Bertz CT molecular complexity index is 420. The highest BCUT2D eigenvalue weighted by molar-refractivity contribution is 5.39. The molecule has 2 rings (SSSR count). The lowest BCUT2D eigenvalue weighted by Crippen LogP contribution is -2.43. The first-order valence-corrected chi connectivity index (χ1v) is 4.92. The van der Waals surface area contributed by atoms with E-state index in [0.717, 1.165) is 0 Å². The van der Waals surface area contributed by atoms with Gasteiger partial charge in [-0.25, -0.2) is 0 Å². The number of benzene rings is 1. The van der Waals surface area contributed by atoms with E-state index in [1.165, 1.54) is 0 Å². The summed E-state index contributed by atoms with van der Waals surface area (Å²) in [6.45, 7) is 3.64. The van der Waals surface area contributed by atoms with Crippen molar-refractivity contribution in [1.29, 1.82) is 5.26 Å². The van der Waals surface area contributed by atoms with Crippen LogP contribution in [0.1, 0.15) is 25.5 Å². The van der Waals surface area contributed by atoms with Crippen molar-refractivity contribution >= 4 is 0 Å². The van der Waals surface area contributed by atoms with Crippen LogP contribution in [-0.4, -0.2) is 10.7 Å². The van der Waals surface area contributed by atoms with Crippen molar-refractivity contribution in [3.8, 4) is 11.8 Å². The Balaban J connectivity index is 2.51.